The first-order chi connectivity index (χ1) is 9.00. The second-order valence-electron chi connectivity index (χ2n) is 4.99. The molecule has 0 unspecified atom stereocenters. The molecule has 0 bridgehead atoms. The number of nitrogens with one attached hydrogen (secondary N) is 2. The highest BCUT2D eigenvalue weighted by Gasteiger charge is 2.07. The van der Waals surface area contributed by atoms with Gasteiger partial charge in [-0.25, -0.2) is 0 Å². The summed E-state index contributed by atoms with van der Waals surface area (Å²) < 4.78 is 0. The van der Waals surface area contributed by atoms with Gasteiger partial charge in [-0.2, -0.15) is 0 Å². The van der Waals surface area contributed by atoms with Crippen molar-refractivity contribution in [1.29, 1.82) is 0 Å². The highest BCUT2D eigenvalue weighted by atomic mass is 35.5. The molecule has 1 aromatic rings. The fraction of sp³-hybridized carbons (Fsp3) is 0.500. The quantitative estimate of drug-likeness (QED) is 0.608. The standard InChI is InChI=1S/C14H22ClN3S/c1-17(2)10-6-9-16-14(19)18(3)11-12-7-4-5-8-13(12)15/h4-5,7-8H,6,9-11H2,1-3H3,(H,16,19)/p+1. The number of nitrogens with zero attached hydrogens (tertiary/aromatic N) is 1. The molecule has 0 aliphatic rings. The average Bonchev–Trinajstić information content (AvgIpc) is 2.36. The fourth-order valence-corrected chi connectivity index (χ4v) is 2.09. The molecule has 0 aliphatic heterocycles. The van der Waals surface area contributed by atoms with Crippen LogP contribution in [0.25, 0.3) is 0 Å². The van der Waals surface area contributed by atoms with E-state index in [-0.39, 0.29) is 0 Å². The summed E-state index contributed by atoms with van der Waals surface area (Å²) in [4.78, 5) is 3.47. The largest absolute Gasteiger partial charge is 0.362 e. The van der Waals surface area contributed by atoms with Crippen molar-refractivity contribution >= 4 is 28.9 Å². The van der Waals surface area contributed by atoms with Crippen molar-refractivity contribution in [3.05, 3.63) is 34.9 Å². The van der Waals surface area contributed by atoms with Crippen LogP contribution < -0.4 is 10.2 Å². The molecule has 1 rings (SSSR count). The van der Waals surface area contributed by atoms with Crippen LogP contribution in [0.3, 0.4) is 0 Å². The van der Waals surface area contributed by atoms with Gasteiger partial charge in [0.15, 0.2) is 5.11 Å². The molecule has 1 aromatic carbocycles. The molecule has 0 aromatic heterocycles. The predicted molar refractivity (Wildman–Crippen MR) is 85.8 cm³/mol. The highest BCUT2D eigenvalue weighted by Crippen LogP contribution is 2.16. The Morgan fingerprint density at radius 2 is 2.05 bits per heavy atom. The summed E-state index contributed by atoms with van der Waals surface area (Å²) >= 11 is 11.5. The van der Waals surface area contributed by atoms with Gasteiger partial charge in [0, 0.05) is 31.6 Å². The van der Waals surface area contributed by atoms with E-state index in [4.69, 9.17) is 23.8 Å². The minimum atomic E-state index is 0.727. The van der Waals surface area contributed by atoms with Crippen LogP contribution in [0.4, 0.5) is 0 Å². The Labute approximate surface area is 126 Å². The minimum absolute atomic E-state index is 0.727. The van der Waals surface area contributed by atoms with Gasteiger partial charge >= 0.3 is 0 Å². The van der Waals surface area contributed by atoms with Crippen molar-refractivity contribution in [2.24, 2.45) is 0 Å². The maximum absolute atomic E-state index is 6.14. The Morgan fingerprint density at radius 3 is 2.68 bits per heavy atom. The molecule has 3 nitrogen and oxygen atoms in total. The minimum Gasteiger partial charge on any atom is -0.362 e. The molecule has 19 heavy (non-hydrogen) atoms. The van der Waals surface area contributed by atoms with Crippen LogP contribution in [0.1, 0.15) is 12.0 Å². The lowest BCUT2D eigenvalue weighted by Gasteiger charge is -2.21. The molecule has 0 atom stereocenters. The van der Waals surface area contributed by atoms with Crippen LogP contribution in [0.5, 0.6) is 0 Å². The third-order valence-corrected chi connectivity index (χ3v) is 3.67. The van der Waals surface area contributed by atoms with E-state index in [1.807, 2.05) is 36.2 Å². The van der Waals surface area contributed by atoms with Crippen molar-refractivity contribution < 1.29 is 4.90 Å². The number of halogens is 1. The van der Waals surface area contributed by atoms with E-state index in [9.17, 15) is 0 Å². The zero-order valence-corrected chi connectivity index (χ0v) is 13.4. The van der Waals surface area contributed by atoms with Crippen molar-refractivity contribution in [1.82, 2.24) is 10.2 Å². The Kier molecular flexibility index (Phi) is 7.13. The van der Waals surface area contributed by atoms with E-state index in [1.165, 1.54) is 4.90 Å². The van der Waals surface area contributed by atoms with Crippen LogP contribution in [0, 0.1) is 0 Å². The molecule has 0 saturated carbocycles. The van der Waals surface area contributed by atoms with Gasteiger partial charge in [-0.05, 0) is 23.8 Å². The first-order valence-electron chi connectivity index (χ1n) is 6.52. The number of thiocarbonyl (C=S) groups is 1. The number of rotatable bonds is 6. The molecule has 0 amide bonds. The van der Waals surface area contributed by atoms with Crippen LogP contribution in [0.15, 0.2) is 24.3 Å². The Morgan fingerprint density at radius 1 is 1.37 bits per heavy atom. The molecule has 0 radical (unpaired) electrons. The van der Waals surface area contributed by atoms with Crippen molar-refractivity contribution in [2.45, 2.75) is 13.0 Å². The molecule has 106 valence electrons. The van der Waals surface area contributed by atoms with Crippen LogP contribution in [-0.4, -0.2) is 44.2 Å². The van der Waals surface area contributed by atoms with Crippen LogP contribution in [0.2, 0.25) is 5.02 Å². The van der Waals surface area contributed by atoms with E-state index >= 15 is 0 Å². The van der Waals surface area contributed by atoms with E-state index < -0.39 is 0 Å². The third-order valence-electron chi connectivity index (χ3n) is 2.84. The summed E-state index contributed by atoms with van der Waals surface area (Å²) in [5, 5.41) is 4.84. The number of hydrogen-bond donors (Lipinski definition) is 2. The molecular formula is C14H23ClN3S+. The van der Waals surface area contributed by atoms with Gasteiger partial charge in [0.2, 0.25) is 0 Å². The van der Waals surface area contributed by atoms with Gasteiger partial charge in [0.25, 0.3) is 0 Å². The third kappa shape index (κ3) is 6.23. The SMILES string of the molecule is CN(Cc1ccccc1Cl)C(=S)NCCC[NH+](C)C. The highest BCUT2D eigenvalue weighted by molar-refractivity contribution is 7.80. The monoisotopic (exact) mass is 300 g/mol. The van der Waals surface area contributed by atoms with E-state index in [1.54, 1.807) is 0 Å². The van der Waals surface area contributed by atoms with E-state index in [0.29, 0.717) is 0 Å². The van der Waals surface area contributed by atoms with Crippen LogP contribution in [-0.2, 0) is 6.54 Å². The van der Waals surface area contributed by atoms with Gasteiger partial charge in [-0.3, -0.25) is 0 Å². The van der Waals surface area contributed by atoms with Gasteiger partial charge in [0.05, 0.1) is 20.6 Å². The molecule has 0 fully saturated rings. The molecule has 0 aliphatic carbocycles. The fourth-order valence-electron chi connectivity index (χ4n) is 1.73. The lowest BCUT2D eigenvalue weighted by Crippen LogP contribution is -3.05. The Balaban J connectivity index is 2.35. The first kappa shape index (κ1) is 16.2. The summed E-state index contributed by atoms with van der Waals surface area (Å²) in [6.07, 6.45) is 1.11. The molecule has 5 heteroatoms. The van der Waals surface area contributed by atoms with Gasteiger partial charge < -0.3 is 15.1 Å². The maximum Gasteiger partial charge on any atom is 0.168 e. The lowest BCUT2D eigenvalue weighted by atomic mass is 10.2. The summed E-state index contributed by atoms with van der Waals surface area (Å²) in [5.41, 5.74) is 1.09. The lowest BCUT2D eigenvalue weighted by molar-refractivity contribution is -0.858. The predicted octanol–water partition coefficient (Wildman–Crippen LogP) is 1.18. The number of benzene rings is 1. The van der Waals surface area contributed by atoms with Crippen molar-refractivity contribution in [3.63, 3.8) is 0 Å². The second-order valence-corrected chi connectivity index (χ2v) is 5.78. The van der Waals surface area contributed by atoms with Gasteiger partial charge in [-0.15, -0.1) is 0 Å². The van der Waals surface area contributed by atoms with Crippen molar-refractivity contribution in [3.8, 4) is 0 Å². The van der Waals surface area contributed by atoms with Gasteiger partial charge in [0.1, 0.15) is 0 Å². The molecule has 2 N–H and O–H groups in total. The molecular weight excluding hydrogens is 278 g/mol. The number of quaternary nitrogens is 1. The Bertz CT molecular complexity index is 409. The van der Waals surface area contributed by atoms with Crippen molar-refractivity contribution in [2.75, 3.05) is 34.2 Å². The average molecular weight is 301 g/mol. The second kappa shape index (κ2) is 8.35. The summed E-state index contributed by atoms with van der Waals surface area (Å²) in [5.74, 6) is 0. The zero-order chi connectivity index (χ0) is 14.3. The smallest absolute Gasteiger partial charge is 0.168 e. The van der Waals surface area contributed by atoms with E-state index in [0.717, 1.165) is 41.8 Å². The Hall–Kier alpha value is -0.840. The summed E-state index contributed by atoms with van der Waals surface area (Å²) in [7, 11) is 6.29. The normalized spacial score (nSPS) is 10.6. The zero-order valence-electron chi connectivity index (χ0n) is 11.9. The molecule has 0 saturated heterocycles. The first-order valence-corrected chi connectivity index (χ1v) is 7.30. The van der Waals surface area contributed by atoms with Gasteiger partial charge in [-0.1, -0.05) is 29.8 Å². The topological polar surface area (TPSA) is 19.7 Å². The molecule has 0 heterocycles. The summed E-state index contributed by atoms with van der Waals surface area (Å²) in [6, 6.07) is 7.86. The van der Waals surface area contributed by atoms with E-state index in [2.05, 4.69) is 19.4 Å². The summed E-state index contributed by atoms with van der Waals surface area (Å²) in [6.45, 7) is 2.78. The number of hydrogen-bond acceptors (Lipinski definition) is 1. The maximum atomic E-state index is 6.14. The molecule has 0 spiro atoms. The van der Waals surface area contributed by atoms with Crippen LogP contribution >= 0.6 is 23.8 Å².